The van der Waals surface area contributed by atoms with Crippen molar-refractivity contribution in [2.75, 3.05) is 0 Å². The van der Waals surface area contributed by atoms with Gasteiger partial charge in [-0.3, -0.25) is 9.36 Å². The van der Waals surface area contributed by atoms with Crippen molar-refractivity contribution in [3.63, 3.8) is 0 Å². The third kappa shape index (κ3) is 1.80. The summed E-state index contributed by atoms with van der Waals surface area (Å²) < 4.78 is 14.4. The van der Waals surface area contributed by atoms with Crippen LogP contribution in [0.3, 0.4) is 0 Å². The summed E-state index contributed by atoms with van der Waals surface area (Å²) in [4.78, 5) is 23.3. The molecule has 2 rings (SSSR count). The van der Waals surface area contributed by atoms with Crippen LogP contribution in [0.15, 0.2) is 33.9 Å². The molecule has 0 amide bonds. The number of hydrogen-bond acceptors (Lipinski definition) is 4. The van der Waals surface area contributed by atoms with Gasteiger partial charge in [0.2, 0.25) is 5.69 Å². The Hall–Kier alpha value is -2.75. The molecule has 1 heterocycles. The molecule has 18 heavy (non-hydrogen) atoms. The molecule has 0 saturated carbocycles. The molecular formula is C11H7FN4O2. The number of nitrogens with zero attached hydrogens (tertiary/aromatic N) is 4. The van der Waals surface area contributed by atoms with E-state index >= 15 is 0 Å². The Kier molecular flexibility index (Phi) is 2.77. The second-order valence-corrected chi connectivity index (χ2v) is 3.50. The molecule has 0 bridgehead atoms. The molecule has 0 unspecified atom stereocenters. The van der Waals surface area contributed by atoms with Gasteiger partial charge in [-0.25, -0.2) is 9.18 Å². The Morgan fingerprint density at radius 1 is 1.28 bits per heavy atom. The van der Waals surface area contributed by atoms with Crippen LogP contribution in [0.1, 0.15) is 5.69 Å². The van der Waals surface area contributed by atoms with E-state index < -0.39 is 22.8 Å². The van der Waals surface area contributed by atoms with Gasteiger partial charge >= 0.3 is 5.69 Å². The fraction of sp³-hybridized carbons (Fsp3) is 0.0909. The minimum atomic E-state index is -0.763. The number of hydrogen-bond donors (Lipinski definition) is 0. The maximum atomic E-state index is 12.8. The topological polar surface area (TPSA) is 80.7 Å². The maximum absolute atomic E-state index is 12.8. The quantitative estimate of drug-likeness (QED) is 0.706. The van der Waals surface area contributed by atoms with Gasteiger partial charge in [-0.05, 0) is 24.3 Å². The van der Waals surface area contributed by atoms with Crippen LogP contribution in [-0.4, -0.2) is 14.3 Å². The number of benzene rings is 1. The van der Waals surface area contributed by atoms with Crippen LogP contribution < -0.4 is 11.2 Å². The lowest BCUT2D eigenvalue weighted by molar-refractivity contribution is 0.622. The van der Waals surface area contributed by atoms with E-state index in [9.17, 15) is 14.0 Å². The average Bonchev–Trinajstić information content (AvgIpc) is 2.38. The van der Waals surface area contributed by atoms with Crippen molar-refractivity contribution >= 4 is 0 Å². The number of halogens is 1. The van der Waals surface area contributed by atoms with E-state index in [0.717, 1.165) is 21.4 Å². The van der Waals surface area contributed by atoms with Crippen molar-refractivity contribution in [3.05, 3.63) is 56.6 Å². The highest BCUT2D eigenvalue weighted by Crippen LogP contribution is 2.04. The first-order valence-electron chi connectivity index (χ1n) is 4.91. The molecule has 1 aromatic heterocycles. The van der Waals surface area contributed by atoms with Gasteiger partial charge in [0.25, 0.3) is 5.56 Å². The summed E-state index contributed by atoms with van der Waals surface area (Å²) in [7, 11) is 1.24. The SMILES string of the molecule is Cn1c(=O)c(C#N)nn(-c2ccc(F)cc2)c1=O. The van der Waals surface area contributed by atoms with Gasteiger partial charge in [0, 0.05) is 7.05 Å². The Balaban J connectivity index is 2.77. The number of aromatic nitrogens is 3. The predicted molar refractivity (Wildman–Crippen MR) is 59.7 cm³/mol. The highest BCUT2D eigenvalue weighted by Gasteiger charge is 2.11. The summed E-state index contributed by atoms with van der Waals surface area (Å²) in [6.45, 7) is 0. The molecule has 1 aromatic carbocycles. The molecule has 0 N–H and O–H groups in total. The third-order valence-corrected chi connectivity index (χ3v) is 2.35. The summed E-state index contributed by atoms with van der Waals surface area (Å²) in [5.74, 6) is -0.461. The fourth-order valence-corrected chi connectivity index (χ4v) is 1.39. The molecule has 0 radical (unpaired) electrons. The van der Waals surface area contributed by atoms with E-state index in [1.54, 1.807) is 6.07 Å². The third-order valence-electron chi connectivity index (χ3n) is 2.35. The van der Waals surface area contributed by atoms with Gasteiger partial charge in [0.05, 0.1) is 5.69 Å². The average molecular weight is 246 g/mol. The van der Waals surface area contributed by atoms with E-state index in [2.05, 4.69) is 5.10 Å². The lowest BCUT2D eigenvalue weighted by atomic mass is 10.3. The largest absolute Gasteiger partial charge is 0.352 e. The fourth-order valence-electron chi connectivity index (χ4n) is 1.39. The zero-order valence-corrected chi connectivity index (χ0v) is 9.29. The van der Waals surface area contributed by atoms with Crippen molar-refractivity contribution in [1.82, 2.24) is 14.3 Å². The van der Waals surface area contributed by atoms with Crippen LogP contribution in [0.25, 0.3) is 5.69 Å². The van der Waals surface area contributed by atoms with E-state index in [4.69, 9.17) is 5.26 Å². The van der Waals surface area contributed by atoms with Gasteiger partial charge in [-0.15, -0.1) is 5.10 Å². The molecule has 0 aliphatic heterocycles. The van der Waals surface area contributed by atoms with E-state index in [-0.39, 0.29) is 5.69 Å². The van der Waals surface area contributed by atoms with Crippen LogP contribution in [0, 0.1) is 17.1 Å². The summed E-state index contributed by atoms with van der Waals surface area (Å²) >= 11 is 0. The minimum absolute atomic E-state index is 0.272. The highest BCUT2D eigenvalue weighted by atomic mass is 19.1. The van der Waals surface area contributed by atoms with Crippen molar-refractivity contribution in [3.8, 4) is 11.8 Å². The molecule has 6 nitrogen and oxygen atoms in total. The summed E-state index contributed by atoms with van der Waals surface area (Å²) in [6, 6.07) is 6.57. The molecule has 2 aromatic rings. The monoisotopic (exact) mass is 246 g/mol. The molecule has 90 valence electrons. The van der Waals surface area contributed by atoms with Crippen LogP contribution in [-0.2, 0) is 7.05 Å². The first-order valence-corrected chi connectivity index (χ1v) is 4.91. The molecule has 0 fully saturated rings. The van der Waals surface area contributed by atoms with E-state index in [0.29, 0.717) is 0 Å². The van der Waals surface area contributed by atoms with Gasteiger partial charge in [-0.1, -0.05) is 0 Å². The summed E-state index contributed by atoms with van der Waals surface area (Å²) in [5.41, 5.74) is -1.60. The Morgan fingerprint density at radius 3 is 2.44 bits per heavy atom. The zero-order chi connectivity index (χ0) is 13.3. The molecule has 0 aliphatic rings. The first-order chi connectivity index (χ1) is 8.54. The zero-order valence-electron chi connectivity index (χ0n) is 9.29. The second kappa shape index (κ2) is 4.25. The van der Waals surface area contributed by atoms with Crippen LogP contribution >= 0.6 is 0 Å². The predicted octanol–water partition coefficient (Wildman–Crippen LogP) is -0.0580. The van der Waals surface area contributed by atoms with Crippen molar-refractivity contribution in [2.45, 2.75) is 0 Å². The van der Waals surface area contributed by atoms with Crippen molar-refractivity contribution < 1.29 is 4.39 Å². The molecule has 0 saturated heterocycles. The molecule has 0 aliphatic carbocycles. The Labute approximate surface area is 100 Å². The van der Waals surface area contributed by atoms with Gasteiger partial charge < -0.3 is 0 Å². The summed E-state index contributed by atoms with van der Waals surface area (Å²) in [5, 5.41) is 12.4. The molecule has 0 spiro atoms. The van der Waals surface area contributed by atoms with Gasteiger partial charge in [0.15, 0.2) is 0 Å². The normalized spacial score (nSPS) is 10.1. The van der Waals surface area contributed by atoms with E-state index in [1.807, 2.05) is 0 Å². The number of rotatable bonds is 1. The molecule has 0 atom stereocenters. The van der Waals surface area contributed by atoms with Crippen molar-refractivity contribution in [2.24, 2.45) is 7.05 Å². The standard InChI is InChI=1S/C11H7FN4O2/c1-15-10(17)9(6-13)14-16(11(15)18)8-4-2-7(12)3-5-8/h2-5H,1H3. The first kappa shape index (κ1) is 11.7. The molecular weight excluding hydrogens is 239 g/mol. The van der Waals surface area contributed by atoms with Crippen LogP contribution in [0.5, 0.6) is 0 Å². The second-order valence-electron chi connectivity index (χ2n) is 3.50. The lowest BCUT2D eigenvalue weighted by Crippen LogP contribution is -2.40. The number of nitriles is 1. The van der Waals surface area contributed by atoms with E-state index in [1.165, 1.54) is 19.2 Å². The highest BCUT2D eigenvalue weighted by molar-refractivity contribution is 5.30. The van der Waals surface area contributed by atoms with Crippen molar-refractivity contribution in [1.29, 1.82) is 5.26 Å². The van der Waals surface area contributed by atoms with Gasteiger partial charge in [0.1, 0.15) is 11.9 Å². The lowest BCUT2D eigenvalue weighted by Gasteiger charge is -2.06. The molecule has 7 heteroatoms. The Bertz CT molecular complexity index is 753. The summed E-state index contributed by atoms with van der Waals surface area (Å²) in [6.07, 6.45) is 0. The smallest absolute Gasteiger partial charge is 0.266 e. The van der Waals surface area contributed by atoms with Crippen LogP contribution in [0.4, 0.5) is 4.39 Å². The van der Waals surface area contributed by atoms with Crippen LogP contribution in [0.2, 0.25) is 0 Å². The minimum Gasteiger partial charge on any atom is -0.266 e. The Morgan fingerprint density at radius 2 is 1.89 bits per heavy atom. The maximum Gasteiger partial charge on any atom is 0.352 e. The van der Waals surface area contributed by atoms with Gasteiger partial charge in [-0.2, -0.15) is 9.94 Å².